The molecule has 0 saturated heterocycles. The number of nitrogens with zero attached hydrogens (tertiary/aromatic N) is 1. The molecular weight excluding hydrogens is 274 g/mol. The summed E-state index contributed by atoms with van der Waals surface area (Å²) in [5.74, 6) is 0.416. The zero-order valence-corrected chi connectivity index (χ0v) is 13.1. The van der Waals surface area contributed by atoms with Crippen molar-refractivity contribution in [2.75, 3.05) is 11.9 Å². The van der Waals surface area contributed by atoms with Crippen LogP contribution in [0.1, 0.15) is 40.0 Å². The third kappa shape index (κ3) is 3.49. The van der Waals surface area contributed by atoms with Crippen molar-refractivity contribution in [3.05, 3.63) is 18.3 Å². The van der Waals surface area contributed by atoms with E-state index in [1.807, 2.05) is 6.92 Å². The maximum absolute atomic E-state index is 12.5. The first-order valence-corrected chi connectivity index (χ1v) is 8.53. The minimum absolute atomic E-state index is 0.0182. The van der Waals surface area contributed by atoms with E-state index in [1.54, 1.807) is 18.3 Å². The van der Waals surface area contributed by atoms with Gasteiger partial charge in [-0.1, -0.05) is 13.8 Å². The van der Waals surface area contributed by atoms with Gasteiger partial charge in [-0.25, -0.2) is 18.1 Å². The molecule has 0 aliphatic heterocycles. The van der Waals surface area contributed by atoms with Crippen molar-refractivity contribution in [2.24, 2.45) is 5.41 Å². The molecule has 0 radical (unpaired) electrons. The largest absolute Gasteiger partial charge is 0.369 e. The molecule has 0 bridgehead atoms. The van der Waals surface area contributed by atoms with Gasteiger partial charge in [-0.15, -0.1) is 0 Å². The zero-order chi connectivity index (χ0) is 14.8. The number of hydrogen-bond acceptors (Lipinski definition) is 4. The van der Waals surface area contributed by atoms with Crippen LogP contribution >= 0.6 is 0 Å². The molecule has 1 aromatic heterocycles. The van der Waals surface area contributed by atoms with E-state index in [0.717, 1.165) is 19.3 Å². The van der Waals surface area contributed by atoms with Gasteiger partial charge < -0.3 is 5.32 Å². The monoisotopic (exact) mass is 297 g/mol. The molecule has 112 valence electrons. The molecule has 2 N–H and O–H groups in total. The summed E-state index contributed by atoms with van der Waals surface area (Å²) in [6, 6.07) is 3.26. The number of pyridine rings is 1. The Bertz CT molecular complexity index is 570. The maximum atomic E-state index is 12.5. The van der Waals surface area contributed by atoms with E-state index in [9.17, 15) is 8.42 Å². The van der Waals surface area contributed by atoms with E-state index in [2.05, 4.69) is 28.9 Å². The number of aromatic nitrogens is 1. The van der Waals surface area contributed by atoms with Crippen molar-refractivity contribution >= 4 is 15.8 Å². The Kier molecular flexibility index (Phi) is 4.34. The predicted molar refractivity (Wildman–Crippen MR) is 80.1 cm³/mol. The van der Waals surface area contributed by atoms with Gasteiger partial charge in [0.05, 0.1) is 0 Å². The first kappa shape index (κ1) is 15.3. The summed E-state index contributed by atoms with van der Waals surface area (Å²) in [6.45, 7) is 6.90. The lowest BCUT2D eigenvalue weighted by atomic mass is 9.92. The van der Waals surface area contributed by atoms with Crippen LogP contribution in [-0.2, 0) is 10.0 Å². The molecule has 2 rings (SSSR count). The summed E-state index contributed by atoms with van der Waals surface area (Å²) in [4.78, 5) is 4.34. The first-order valence-electron chi connectivity index (χ1n) is 7.05. The van der Waals surface area contributed by atoms with Crippen LogP contribution in [0, 0.1) is 5.41 Å². The number of rotatable bonds is 5. The highest BCUT2D eigenvalue weighted by molar-refractivity contribution is 7.89. The molecule has 1 heterocycles. The van der Waals surface area contributed by atoms with E-state index in [4.69, 9.17) is 0 Å². The molecule has 0 aromatic carbocycles. The molecule has 1 saturated carbocycles. The van der Waals surface area contributed by atoms with Crippen molar-refractivity contribution < 1.29 is 8.42 Å². The van der Waals surface area contributed by atoms with Crippen LogP contribution in [0.2, 0.25) is 0 Å². The Hall–Kier alpha value is -1.14. The van der Waals surface area contributed by atoms with E-state index >= 15 is 0 Å². The third-order valence-corrected chi connectivity index (χ3v) is 5.25. The van der Waals surface area contributed by atoms with Crippen LogP contribution in [0.4, 0.5) is 5.82 Å². The van der Waals surface area contributed by atoms with E-state index in [0.29, 0.717) is 12.4 Å². The fourth-order valence-electron chi connectivity index (χ4n) is 2.73. The lowest BCUT2D eigenvalue weighted by Crippen LogP contribution is -2.34. The molecule has 20 heavy (non-hydrogen) atoms. The van der Waals surface area contributed by atoms with Crippen molar-refractivity contribution in [1.82, 2.24) is 9.71 Å². The normalized spacial score (nSPS) is 21.9. The highest BCUT2D eigenvalue weighted by Gasteiger charge is 2.34. The lowest BCUT2D eigenvalue weighted by molar-refractivity contribution is 0.372. The second-order valence-electron chi connectivity index (χ2n) is 6.11. The van der Waals surface area contributed by atoms with Crippen molar-refractivity contribution in [3.8, 4) is 0 Å². The Morgan fingerprint density at radius 3 is 2.80 bits per heavy atom. The van der Waals surface area contributed by atoms with Crippen LogP contribution < -0.4 is 10.0 Å². The molecule has 5 nitrogen and oxygen atoms in total. The van der Waals surface area contributed by atoms with Crippen LogP contribution in [0.5, 0.6) is 0 Å². The van der Waals surface area contributed by atoms with Crippen LogP contribution in [0.3, 0.4) is 0 Å². The summed E-state index contributed by atoms with van der Waals surface area (Å²) in [6.07, 6.45) is 4.41. The molecule has 1 aliphatic rings. The third-order valence-electron chi connectivity index (χ3n) is 3.69. The summed E-state index contributed by atoms with van der Waals surface area (Å²) >= 11 is 0. The molecule has 1 fully saturated rings. The number of sulfonamides is 1. The SMILES string of the molecule is CCNc1ncccc1S(=O)(=O)NC1CCC(C)(C)C1. The minimum atomic E-state index is -3.52. The highest BCUT2D eigenvalue weighted by Crippen LogP contribution is 2.37. The second kappa shape index (κ2) is 5.69. The molecule has 1 unspecified atom stereocenters. The lowest BCUT2D eigenvalue weighted by Gasteiger charge is -2.18. The molecule has 0 spiro atoms. The minimum Gasteiger partial charge on any atom is -0.369 e. The fourth-order valence-corrected chi connectivity index (χ4v) is 4.13. The van der Waals surface area contributed by atoms with Gasteiger partial charge in [0.1, 0.15) is 10.7 Å². The number of nitrogens with one attached hydrogen (secondary N) is 2. The first-order chi connectivity index (χ1) is 9.34. The van der Waals surface area contributed by atoms with Crippen LogP contribution in [0.25, 0.3) is 0 Å². The Morgan fingerprint density at radius 2 is 2.20 bits per heavy atom. The zero-order valence-electron chi connectivity index (χ0n) is 12.3. The summed E-state index contributed by atoms with van der Waals surface area (Å²) < 4.78 is 27.8. The van der Waals surface area contributed by atoms with Gasteiger partial charge in [0.15, 0.2) is 0 Å². The van der Waals surface area contributed by atoms with E-state index < -0.39 is 10.0 Å². The summed E-state index contributed by atoms with van der Waals surface area (Å²) in [5.41, 5.74) is 0.215. The maximum Gasteiger partial charge on any atom is 0.244 e. The van der Waals surface area contributed by atoms with Gasteiger partial charge in [0, 0.05) is 18.8 Å². The Balaban J connectivity index is 2.19. The summed E-state index contributed by atoms with van der Waals surface area (Å²) in [7, 11) is -3.52. The van der Waals surface area contributed by atoms with Crippen molar-refractivity contribution in [3.63, 3.8) is 0 Å². The average Bonchev–Trinajstić information content (AvgIpc) is 2.69. The number of anilines is 1. The highest BCUT2D eigenvalue weighted by atomic mass is 32.2. The average molecular weight is 297 g/mol. The molecule has 0 amide bonds. The van der Waals surface area contributed by atoms with Gasteiger partial charge >= 0.3 is 0 Å². The van der Waals surface area contributed by atoms with Gasteiger partial charge in [0.2, 0.25) is 10.0 Å². The molecule has 1 aliphatic carbocycles. The van der Waals surface area contributed by atoms with E-state index in [-0.39, 0.29) is 16.4 Å². The van der Waals surface area contributed by atoms with Crippen LogP contribution in [-0.4, -0.2) is 26.0 Å². The number of hydrogen-bond donors (Lipinski definition) is 2. The quantitative estimate of drug-likeness (QED) is 0.875. The molecule has 1 atom stereocenters. The van der Waals surface area contributed by atoms with Gasteiger partial charge in [-0.05, 0) is 43.7 Å². The molecule has 1 aromatic rings. The Morgan fingerprint density at radius 1 is 1.45 bits per heavy atom. The smallest absolute Gasteiger partial charge is 0.244 e. The topological polar surface area (TPSA) is 71.1 Å². The second-order valence-corrected chi connectivity index (χ2v) is 7.79. The van der Waals surface area contributed by atoms with Gasteiger partial charge in [0.25, 0.3) is 0 Å². The van der Waals surface area contributed by atoms with Crippen molar-refractivity contribution in [2.45, 2.75) is 51.0 Å². The Labute approximate surface area is 121 Å². The van der Waals surface area contributed by atoms with E-state index in [1.165, 1.54) is 0 Å². The standard InChI is InChI=1S/C14H23N3O2S/c1-4-15-13-12(6-5-9-16-13)20(18,19)17-11-7-8-14(2,3)10-11/h5-6,9,11,17H,4,7-8,10H2,1-3H3,(H,15,16). The fraction of sp³-hybridized carbons (Fsp3) is 0.643. The summed E-state index contributed by atoms with van der Waals surface area (Å²) in [5, 5.41) is 2.99. The van der Waals surface area contributed by atoms with Gasteiger partial charge in [-0.2, -0.15) is 0 Å². The molecule has 6 heteroatoms. The van der Waals surface area contributed by atoms with Crippen LogP contribution in [0.15, 0.2) is 23.2 Å². The predicted octanol–water partition coefficient (Wildman–Crippen LogP) is 2.37. The van der Waals surface area contributed by atoms with Gasteiger partial charge in [-0.3, -0.25) is 0 Å². The molecular formula is C14H23N3O2S. The van der Waals surface area contributed by atoms with Crippen molar-refractivity contribution in [1.29, 1.82) is 0 Å².